The molecule has 0 radical (unpaired) electrons. The molecular weight excluding hydrogens is 326 g/mol. The first kappa shape index (κ1) is 16.9. The molecule has 7 nitrogen and oxygen atoms in total. The van der Waals surface area contributed by atoms with E-state index >= 15 is 0 Å². The molecule has 0 N–H and O–H groups in total. The van der Waals surface area contributed by atoms with Gasteiger partial charge in [0.15, 0.2) is 5.82 Å². The smallest absolute Gasteiger partial charge is 0.156 e. The largest absolute Gasteiger partial charge is 0.298 e. The lowest BCUT2D eigenvalue weighted by Crippen LogP contribution is -2.34. The van der Waals surface area contributed by atoms with Crippen molar-refractivity contribution in [2.75, 3.05) is 13.1 Å². The zero-order valence-electron chi connectivity index (χ0n) is 15.6. The highest BCUT2D eigenvalue weighted by molar-refractivity contribution is 5.25. The number of hydrogen-bond acceptors (Lipinski definition) is 5. The maximum Gasteiger partial charge on any atom is 0.156 e. The summed E-state index contributed by atoms with van der Waals surface area (Å²) in [5.74, 6) is 1.24. The van der Waals surface area contributed by atoms with Gasteiger partial charge >= 0.3 is 0 Å². The van der Waals surface area contributed by atoms with Gasteiger partial charge in [-0.2, -0.15) is 5.10 Å². The second-order valence-corrected chi connectivity index (χ2v) is 7.12. The molecule has 26 heavy (non-hydrogen) atoms. The van der Waals surface area contributed by atoms with Gasteiger partial charge < -0.3 is 0 Å². The maximum atomic E-state index is 4.84. The lowest BCUT2D eigenvalue weighted by Gasteiger charge is -2.32. The van der Waals surface area contributed by atoms with Crippen LogP contribution in [0.3, 0.4) is 0 Å². The fraction of sp³-hybridized carbons (Fsp3) is 0.474. The van der Waals surface area contributed by atoms with Crippen LogP contribution in [0.5, 0.6) is 0 Å². The molecule has 4 rings (SSSR count). The molecule has 1 atom stereocenters. The van der Waals surface area contributed by atoms with Crippen molar-refractivity contribution in [1.29, 1.82) is 0 Å². The van der Waals surface area contributed by atoms with Gasteiger partial charge in [0.1, 0.15) is 6.33 Å². The Kier molecular flexibility index (Phi) is 4.55. The molecule has 0 saturated carbocycles. The second-order valence-electron chi connectivity index (χ2n) is 7.12. The fourth-order valence-electron chi connectivity index (χ4n) is 3.80. The Bertz CT molecular complexity index is 881. The zero-order chi connectivity index (χ0) is 18.1. The monoisotopic (exact) mass is 351 g/mol. The Balaban J connectivity index is 1.51. The summed E-state index contributed by atoms with van der Waals surface area (Å²) in [5, 5.41) is 4.55. The Morgan fingerprint density at radius 3 is 2.81 bits per heavy atom. The molecule has 0 bridgehead atoms. The van der Waals surface area contributed by atoms with Crippen molar-refractivity contribution in [3.05, 3.63) is 53.8 Å². The molecule has 136 valence electrons. The highest BCUT2D eigenvalue weighted by Crippen LogP contribution is 2.27. The summed E-state index contributed by atoms with van der Waals surface area (Å²) in [6, 6.07) is 0. The average molecular weight is 351 g/mol. The molecule has 1 aliphatic rings. The van der Waals surface area contributed by atoms with Crippen molar-refractivity contribution < 1.29 is 0 Å². The molecule has 1 fully saturated rings. The van der Waals surface area contributed by atoms with Gasteiger partial charge in [0.2, 0.25) is 0 Å². The van der Waals surface area contributed by atoms with Crippen molar-refractivity contribution in [3.63, 3.8) is 0 Å². The van der Waals surface area contributed by atoms with Crippen LogP contribution in [0.15, 0.2) is 31.1 Å². The topological polar surface area (TPSA) is 64.7 Å². The quantitative estimate of drug-likeness (QED) is 0.722. The SMILES string of the molecule is Cc1nn(C)c(C)c1CN1CCCC(c2cncc(-n3ccnc3)n2)C1. The van der Waals surface area contributed by atoms with Crippen LogP contribution >= 0.6 is 0 Å². The fourth-order valence-corrected chi connectivity index (χ4v) is 3.80. The Labute approximate surface area is 153 Å². The first-order valence-corrected chi connectivity index (χ1v) is 9.13. The van der Waals surface area contributed by atoms with Gasteiger partial charge in [-0.1, -0.05) is 0 Å². The van der Waals surface area contributed by atoms with E-state index in [0.29, 0.717) is 5.92 Å². The van der Waals surface area contributed by atoms with Gasteiger partial charge in [-0.15, -0.1) is 0 Å². The van der Waals surface area contributed by atoms with E-state index in [9.17, 15) is 0 Å². The van der Waals surface area contributed by atoms with E-state index in [0.717, 1.165) is 43.3 Å². The predicted octanol–water partition coefficient (Wildman–Crippen LogP) is 2.39. The van der Waals surface area contributed by atoms with Crippen molar-refractivity contribution in [2.45, 2.75) is 39.2 Å². The van der Waals surface area contributed by atoms with E-state index in [2.05, 4.69) is 33.8 Å². The minimum atomic E-state index is 0.414. The molecule has 7 heteroatoms. The Morgan fingerprint density at radius 1 is 1.19 bits per heavy atom. The molecular formula is C19H25N7. The van der Waals surface area contributed by atoms with E-state index in [1.807, 2.05) is 28.7 Å². The first-order chi connectivity index (χ1) is 12.6. The third-order valence-electron chi connectivity index (χ3n) is 5.37. The summed E-state index contributed by atoms with van der Waals surface area (Å²) in [6.45, 7) is 7.34. The molecule has 3 aromatic rings. The number of nitrogens with zero attached hydrogens (tertiary/aromatic N) is 7. The standard InChI is InChI=1S/C19H25N7/c1-14-17(15(2)24(3)23-14)12-25-7-4-5-16(11-25)18-9-21-10-19(22-18)26-8-6-20-13-26/h6,8-10,13,16H,4-5,7,11-12H2,1-3H3. The van der Waals surface area contributed by atoms with Crippen LogP contribution in [-0.2, 0) is 13.6 Å². The zero-order valence-corrected chi connectivity index (χ0v) is 15.6. The van der Waals surface area contributed by atoms with Gasteiger partial charge in [0.25, 0.3) is 0 Å². The van der Waals surface area contributed by atoms with Gasteiger partial charge in [0.05, 0.1) is 17.6 Å². The number of aromatic nitrogens is 6. The summed E-state index contributed by atoms with van der Waals surface area (Å²) in [6.07, 6.45) is 11.5. The van der Waals surface area contributed by atoms with Crippen LogP contribution in [0.25, 0.3) is 5.82 Å². The van der Waals surface area contributed by atoms with Crippen molar-refractivity contribution in [1.82, 2.24) is 34.2 Å². The van der Waals surface area contributed by atoms with E-state index in [1.165, 1.54) is 17.7 Å². The number of likely N-dealkylation sites (tertiary alicyclic amines) is 1. The van der Waals surface area contributed by atoms with Gasteiger partial charge in [0, 0.05) is 55.9 Å². The molecule has 1 saturated heterocycles. The van der Waals surface area contributed by atoms with Crippen LogP contribution in [0.1, 0.15) is 41.4 Å². The predicted molar refractivity (Wildman–Crippen MR) is 99.1 cm³/mol. The molecule has 0 aromatic carbocycles. The average Bonchev–Trinajstić information content (AvgIpc) is 3.27. The maximum absolute atomic E-state index is 4.84. The Morgan fingerprint density at radius 2 is 2.08 bits per heavy atom. The van der Waals surface area contributed by atoms with Crippen LogP contribution < -0.4 is 0 Å². The summed E-state index contributed by atoms with van der Waals surface area (Å²) in [4.78, 5) is 15.9. The molecule has 3 aromatic heterocycles. The lowest BCUT2D eigenvalue weighted by atomic mass is 9.94. The number of aryl methyl sites for hydroxylation is 2. The highest BCUT2D eigenvalue weighted by atomic mass is 15.3. The van der Waals surface area contributed by atoms with Crippen LogP contribution in [0.2, 0.25) is 0 Å². The minimum Gasteiger partial charge on any atom is -0.298 e. The number of rotatable bonds is 4. The van der Waals surface area contributed by atoms with Crippen molar-refractivity contribution in [2.24, 2.45) is 7.05 Å². The third-order valence-corrected chi connectivity index (χ3v) is 5.37. The summed E-state index contributed by atoms with van der Waals surface area (Å²) < 4.78 is 3.88. The Hall–Kier alpha value is -2.54. The molecule has 1 aliphatic heterocycles. The van der Waals surface area contributed by atoms with E-state index in [-0.39, 0.29) is 0 Å². The summed E-state index contributed by atoms with van der Waals surface area (Å²) in [5.41, 5.74) is 4.81. The summed E-state index contributed by atoms with van der Waals surface area (Å²) in [7, 11) is 2.02. The van der Waals surface area contributed by atoms with Crippen LogP contribution in [0.4, 0.5) is 0 Å². The van der Waals surface area contributed by atoms with E-state index in [4.69, 9.17) is 4.98 Å². The number of piperidine rings is 1. The normalized spacial score (nSPS) is 18.3. The highest BCUT2D eigenvalue weighted by Gasteiger charge is 2.24. The molecule has 4 heterocycles. The lowest BCUT2D eigenvalue weighted by molar-refractivity contribution is 0.197. The van der Waals surface area contributed by atoms with Gasteiger partial charge in [-0.3, -0.25) is 19.1 Å². The van der Waals surface area contributed by atoms with Gasteiger partial charge in [-0.05, 0) is 33.2 Å². The van der Waals surface area contributed by atoms with Crippen LogP contribution in [0, 0.1) is 13.8 Å². The van der Waals surface area contributed by atoms with E-state index in [1.54, 1.807) is 18.7 Å². The first-order valence-electron chi connectivity index (χ1n) is 9.13. The van der Waals surface area contributed by atoms with Crippen molar-refractivity contribution >= 4 is 0 Å². The van der Waals surface area contributed by atoms with E-state index < -0.39 is 0 Å². The molecule has 0 spiro atoms. The second kappa shape index (κ2) is 6.99. The van der Waals surface area contributed by atoms with Crippen molar-refractivity contribution in [3.8, 4) is 5.82 Å². The summed E-state index contributed by atoms with van der Waals surface area (Å²) >= 11 is 0. The van der Waals surface area contributed by atoms with Gasteiger partial charge in [-0.25, -0.2) is 9.97 Å². The molecule has 0 aliphatic carbocycles. The third kappa shape index (κ3) is 3.26. The van der Waals surface area contributed by atoms with Crippen LogP contribution in [-0.4, -0.2) is 47.3 Å². The molecule has 1 unspecified atom stereocenters. The minimum absolute atomic E-state index is 0.414. The number of hydrogen-bond donors (Lipinski definition) is 0. The molecule has 0 amide bonds. The number of imidazole rings is 1.